The van der Waals surface area contributed by atoms with Crippen molar-refractivity contribution in [3.05, 3.63) is 33.5 Å². The quantitative estimate of drug-likeness (QED) is 0.871. The van der Waals surface area contributed by atoms with Gasteiger partial charge in [0.25, 0.3) is 5.91 Å². The number of carbonyl (C=O) groups is 1. The van der Waals surface area contributed by atoms with Crippen molar-refractivity contribution < 1.29 is 4.79 Å². The van der Waals surface area contributed by atoms with Crippen molar-refractivity contribution >= 4 is 17.2 Å². The minimum absolute atomic E-state index is 0.0405. The molecule has 0 fully saturated rings. The fourth-order valence-electron chi connectivity index (χ4n) is 3.09. The molecule has 0 N–H and O–H groups in total. The zero-order valence-corrected chi connectivity index (χ0v) is 14.2. The van der Waals surface area contributed by atoms with Crippen molar-refractivity contribution in [1.82, 2.24) is 19.7 Å². The Morgan fingerprint density at radius 3 is 3.09 bits per heavy atom. The van der Waals surface area contributed by atoms with E-state index in [4.69, 9.17) is 4.98 Å². The molecule has 2 aromatic heterocycles. The molecule has 1 amide bonds. The molecule has 2 aromatic rings. The smallest absolute Gasteiger partial charge is 0.256 e. The predicted octanol–water partition coefficient (Wildman–Crippen LogP) is 2.86. The SMILES string of the molecule is CCn1cc(C(=O)N(C)C[C@H]2CCCc3sc(C)nc32)cn1. The third kappa shape index (κ3) is 2.92. The Labute approximate surface area is 135 Å². The number of amides is 1. The number of rotatable bonds is 4. The van der Waals surface area contributed by atoms with Crippen LogP contribution in [0.15, 0.2) is 12.4 Å². The van der Waals surface area contributed by atoms with Gasteiger partial charge in [0.15, 0.2) is 0 Å². The highest BCUT2D eigenvalue weighted by atomic mass is 32.1. The lowest BCUT2D eigenvalue weighted by molar-refractivity contribution is 0.0783. The Morgan fingerprint density at radius 2 is 2.36 bits per heavy atom. The van der Waals surface area contributed by atoms with E-state index in [0.717, 1.165) is 30.9 Å². The summed E-state index contributed by atoms with van der Waals surface area (Å²) >= 11 is 1.80. The van der Waals surface area contributed by atoms with Crippen LogP contribution < -0.4 is 0 Å². The fraction of sp³-hybridized carbons (Fsp3) is 0.562. The van der Waals surface area contributed by atoms with Gasteiger partial charge in [-0.15, -0.1) is 11.3 Å². The van der Waals surface area contributed by atoms with Crippen molar-refractivity contribution in [3.8, 4) is 0 Å². The lowest BCUT2D eigenvalue weighted by atomic mass is 9.90. The van der Waals surface area contributed by atoms with Crippen molar-refractivity contribution in [2.75, 3.05) is 13.6 Å². The molecular formula is C16H22N4OS. The molecule has 0 aliphatic heterocycles. The fourth-order valence-corrected chi connectivity index (χ4v) is 4.15. The van der Waals surface area contributed by atoms with Crippen LogP contribution in [0, 0.1) is 6.92 Å². The lowest BCUT2D eigenvalue weighted by Gasteiger charge is -2.26. The number of thiazole rings is 1. The highest BCUT2D eigenvalue weighted by Gasteiger charge is 2.26. The third-order valence-electron chi connectivity index (χ3n) is 4.22. The highest BCUT2D eigenvalue weighted by Crippen LogP contribution is 2.35. The molecule has 2 heterocycles. The number of aryl methyl sites for hydroxylation is 3. The van der Waals surface area contributed by atoms with Crippen molar-refractivity contribution in [2.24, 2.45) is 0 Å². The summed E-state index contributed by atoms with van der Waals surface area (Å²) < 4.78 is 1.78. The van der Waals surface area contributed by atoms with Crippen molar-refractivity contribution in [2.45, 2.75) is 45.6 Å². The molecule has 1 atom stereocenters. The molecule has 5 nitrogen and oxygen atoms in total. The van der Waals surface area contributed by atoms with Crippen molar-refractivity contribution in [1.29, 1.82) is 0 Å². The van der Waals surface area contributed by atoms with Crippen LogP contribution in [0.25, 0.3) is 0 Å². The molecular weight excluding hydrogens is 296 g/mol. The van der Waals surface area contributed by atoms with Crippen LogP contribution in [0.4, 0.5) is 0 Å². The minimum Gasteiger partial charge on any atom is -0.341 e. The van der Waals surface area contributed by atoms with E-state index in [-0.39, 0.29) is 5.91 Å². The first kappa shape index (κ1) is 15.2. The zero-order valence-electron chi connectivity index (χ0n) is 13.4. The maximum atomic E-state index is 12.5. The molecule has 3 rings (SSSR count). The largest absolute Gasteiger partial charge is 0.341 e. The molecule has 0 bridgehead atoms. The second-order valence-corrected chi connectivity index (χ2v) is 7.19. The normalized spacial score (nSPS) is 17.3. The molecule has 118 valence electrons. The first-order valence-corrected chi connectivity index (χ1v) is 8.64. The Kier molecular flexibility index (Phi) is 4.29. The Bertz CT molecular complexity index is 675. The average Bonchev–Trinajstić information content (AvgIpc) is 3.12. The second-order valence-electron chi connectivity index (χ2n) is 5.90. The summed E-state index contributed by atoms with van der Waals surface area (Å²) in [7, 11) is 1.87. The van der Waals surface area contributed by atoms with Gasteiger partial charge in [-0.25, -0.2) is 4.98 Å². The Morgan fingerprint density at radius 1 is 1.55 bits per heavy atom. The van der Waals surface area contributed by atoms with Crippen LogP contribution in [-0.4, -0.2) is 39.2 Å². The number of hydrogen-bond acceptors (Lipinski definition) is 4. The van der Waals surface area contributed by atoms with E-state index >= 15 is 0 Å². The molecule has 0 saturated heterocycles. The van der Waals surface area contributed by atoms with Crippen LogP contribution in [0.1, 0.15) is 51.6 Å². The van der Waals surface area contributed by atoms with Crippen LogP contribution in [0.2, 0.25) is 0 Å². The molecule has 0 unspecified atom stereocenters. The second kappa shape index (κ2) is 6.20. The van der Waals surface area contributed by atoms with Gasteiger partial charge in [-0.05, 0) is 33.1 Å². The monoisotopic (exact) mass is 318 g/mol. The average molecular weight is 318 g/mol. The predicted molar refractivity (Wildman–Crippen MR) is 87.4 cm³/mol. The maximum Gasteiger partial charge on any atom is 0.256 e. The van der Waals surface area contributed by atoms with Crippen LogP contribution in [0.5, 0.6) is 0 Å². The van der Waals surface area contributed by atoms with Gasteiger partial charge in [-0.1, -0.05) is 0 Å². The number of aromatic nitrogens is 3. The van der Waals surface area contributed by atoms with E-state index in [2.05, 4.69) is 12.0 Å². The van der Waals surface area contributed by atoms with Gasteiger partial charge in [0, 0.05) is 37.1 Å². The standard InChI is InChI=1S/C16H22N4OS/c1-4-20-10-13(8-17-20)16(21)19(3)9-12-6-5-7-14-15(12)18-11(2)22-14/h8,10,12H,4-7,9H2,1-3H3/t12-/m1/s1. The number of hydrogen-bond donors (Lipinski definition) is 0. The Hall–Kier alpha value is -1.69. The van der Waals surface area contributed by atoms with Gasteiger partial charge >= 0.3 is 0 Å². The van der Waals surface area contributed by atoms with Crippen molar-refractivity contribution in [3.63, 3.8) is 0 Å². The molecule has 0 radical (unpaired) electrons. The van der Waals surface area contributed by atoms with E-state index in [1.807, 2.05) is 25.1 Å². The maximum absolute atomic E-state index is 12.5. The van der Waals surface area contributed by atoms with Gasteiger partial charge in [-0.2, -0.15) is 5.10 Å². The van der Waals surface area contributed by atoms with Gasteiger partial charge in [0.1, 0.15) is 0 Å². The summed E-state index contributed by atoms with van der Waals surface area (Å²) in [5.74, 6) is 0.405. The topological polar surface area (TPSA) is 51.0 Å². The minimum atomic E-state index is 0.0405. The van der Waals surface area contributed by atoms with Gasteiger partial charge in [0.2, 0.25) is 0 Å². The molecule has 0 aromatic carbocycles. The number of fused-ring (bicyclic) bond motifs is 1. The summed E-state index contributed by atoms with van der Waals surface area (Å²) in [5.41, 5.74) is 1.88. The van der Waals surface area contributed by atoms with E-state index in [1.165, 1.54) is 17.0 Å². The summed E-state index contributed by atoms with van der Waals surface area (Å²) in [5, 5.41) is 5.32. The Balaban J connectivity index is 1.71. The molecule has 0 saturated carbocycles. The van der Waals surface area contributed by atoms with E-state index in [0.29, 0.717) is 11.5 Å². The first-order chi connectivity index (χ1) is 10.6. The van der Waals surface area contributed by atoms with E-state index < -0.39 is 0 Å². The number of nitrogens with zero attached hydrogens (tertiary/aromatic N) is 4. The third-order valence-corrected chi connectivity index (χ3v) is 5.27. The zero-order chi connectivity index (χ0) is 15.7. The molecule has 1 aliphatic rings. The number of carbonyl (C=O) groups excluding carboxylic acids is 1. The van der Waals surface area contributed by atoms with Crippen LogP contribution >= 0.6 is 11.3 Å². The highest BCUT2D eigenvalue weighted by molar-refractivity contribution is 7.11. The molecule has 1 aliphatic carbocycles. The summed E-state index contributed by atoms with van der Waals surface area (Å²) in [4.78, 5) is 20.4. The van der Waals surface area contributed by atoms with E-state index in [1.54, 1.807) is 22.2 Å². The van der Waals surface area contributed by atoms with Crippen LogP contribution in [-0.2, 0) is 13.0 Å². The molecule has 6 heteroatoms. The molecule has 0 spiro atoms. The van der Waals surface area contributed by atoms with Gasteiger partial charge in [-0.3, -0.25) is 9.48 Å². The van der Waals surface area contributed by atoms with Crippen LogP contribution in [0.3, 0.4) is 0 Å². The van der Waals surface area contributed by atoms with E-state index in [9.17, 15) is 4.79 Å². The summed E-state index contributed by atoms with van der Waals surface area (Å²) in [6.45, 7) is 5.58. The summed E-state index contributed by atoms with van der Waals surface area (Å²) in [6.07, 6.45) is 6.91. The first-order valence-electron chi connectivity index (χ1n) is 7.82. The van der Waals surface area contributed by atoms with Gasteiger partial charge in [0.05, 0.1) is 22.5 Å². The number of likely N-dealkylation sites (N-methyl/N-ethyl adjacent to an activating group) is 1. The lowest BCUT2D eigenvalue weighted by Crippen LogP contribution is -2.32. The van der Waals surface area contributed by atoms with Gasteiger partial charge < -0.3 is 4.90 Å². The molecule has 22 heavy (non-hydrogen) atoms. The summed E-state index contributed by atoms with van der Waals surface area (Å²) in [6, 6.07) is 0.